The third-order valence-corrected chi connectivity index (χ3v) is 2.01. The van der Waals surface area contributed by atoms with Crippen LogP contribution in [0.3, 0.4) is 0 Å². The van der Waals surface area contributed by atoms with Gasteiger partial charge in [0.1, 0.15) is 0 Å². The summed E-state index contributed by atoms with van der Waals surface area (Å²) in [6.07, 6.45) is 5.26. The highest BCUT2D eigenvalue weighted by Crippen LogP contribution is 2.24. The molecular formula is C11H14O3. The van der Waals surface area contributed by atoms with Crippen LogP contribution in [0.15, 0.2) is 23.3 Å². The average Bonchev–Trinajstić information content (AvgIpc) is 2.27. The number of cyclic esters (lactones) is 1. The Balaban J connectivity index is 0.000000461. The molecule has 0 saturated carbocycles. The zero-order chi connectivity index (χ0) is 10.6. The summed E-state index contributed by atoms with van der Waals surface area (Å²) in [6.45, 7) is 3.90. The second-order valence-corrected chi connectivity index (χ2v) is 2.81. The van der Waals surface area contributed by atoms with Crippen LogP contribution in [0, 0.1) is 0 Å². The maximum absolute atomic E-state index is 11.2. The standard InChI is InChI=1S/C9H8O3.C2H6/c10-8-5-12-9(11)7-4-2-1-3-6(7)8;1-2/h3-4H,1-2,5H2;1-2H3. The number of ketones is 1. The van der Waals surface area contributed by atoms with Gasteiger partial charge in [-0.25, -0.2) is 4.79 Å². The molecular weight excluding hydrogens is 180 g/mol. The molecule has 1 aliphatic carbocycles. The number of carbonyl (C=O) groups is 2. The molecule has 0 unspecified atom stereocenters. The molecule has 76 valence electrons. The van der Waals surface area contributed by atoms with Crippen LogP contribution in [0.2, 0.25) is 0 Å². The van der Waals surface area contributed by atoms with Crippen molar-refractivity contribution in [3.63, 3.8) is 0 Å². The highest BCUT2D eigenvalue weighted by molar-refractivity contribution is 6.14. The molecule has 0 N–H and O–H groups in total. The summed E-state index contributed by atoms with van der Waals surface area (Å²) >= 11 is 0. The number of carbonyl (C=O) groups excluding carboxylic acids is 2. The first-order chi connectivity index (χ1) is 6.79. The van der Waals surface area contributed by atoms with E-state index in [9.17, 15) is 9.59 Å². The number of hydrogen-bond donors (Lipinski definition) is 0. The Hall–Kier alpha value is -1.38. The first kappa shape index (κ1) is 10.7. The first-order valence-corrected chi connectivity index (χ1v) is 4.90. The maximum Gasteiger partial charge on any atom is 0.338 e. The monoisotopic (exact) mass is 194 g/mol. The van der Waals surface area contributed by atoms with E-state index < -0.39 is 0 Å². The summed E-state index contributed by atoms with van der Waals surface area (Å²) in [5.74, 6) is -0.443. The number of fused-ring (bicyclic) bond motifs is 1. The summed E-state index contributed by atoms with van der Waals surface area (Å²) in [7, 11) is 0. The summed E-state index contributed by atoms with van der Waals surface area (Å²) in [5.41, 5.74) is 1.01. The summed E-state index contributed by atoms with van der Waals surface area (Å²) in [6, 6.07) is 0. The van der Waals surface area contributed by atoms with Crippen molar-refractivity contribution in [2.45, 2.75) is 26.7 Å². The molecule has 0 aromatic carbocycles. The average molecular weight is 194 g/mol. The van der Waals surface area contributed by atoms with Gasteiger partial charge in [-0.1, -0.05) is 26.0 Å². The third kappa shape index (κ3) is 1.92. The molecule has 0 radical (unpaired) electrons. The van der Waals surface area contributed by atoms with Crippen molar-refractivity contribution in [1.29, 1.82) is 0 Å². The van der Waals surface area contributed by atoms with Gasteiger partial charge in [-0.3, -0.25) is 4.79 Å². The maximum atomic E-state index is 11.2. The lowest BCUT2D eigenvalue weighted by molar-refractivity contribution is -0.145. The number of allylic oxidation sites excluding steroid dienone is 2. The second kappa shape index (κ2) is 4.74. The Bertz CT molecular complexity index is 278. The van der Waals surface area contributed by atoms with Crippen LogP contribution in [0.25, 0.3) is 0 Å². The van der Waals surface area contributed by atoms with E-state index >= 15 is 0 Å². The van der Waals surface area contributed by atoms with Crippen molar-refractivity contribution in [2.24, 2.45) is 0 Å². The fourth-order valence-electron chi connectivity index (χ4n) is 1.42. The van der Waals surface area contributed by atoms with Crippen molar-refractivity contribution < 1.29 is 14.3 Å². The van der Waals surface area contributed by atoms with Gasteiger partial charge in [-0.15, -0.1) is 0 Å². The molecule has 1 saturated heterocycles. The van der Waals surface area contributed by atoms with Gasteiger partial charge in [0.2, 0.25) is 5.78 Å². The zero-order valence-corrected chi connectivity index (χ0v) is 8.50. The zero-order valence-electron chi connectivity index (χ0n) is 8.50. The van der Waals surface area contributed by atoms with Crippen molar-refractivity contribution in [3.05, 3.63) is 23.3 Å². The summed E-state index contributed by atoms with van der Waals surface area (Å²) in [4.78, 5) is 22.3. The smallest absolute Gasteiger partial charge is 0.338 e. The Morgan fingerprint density at radius 2 is 1.64 bits per heavy atom. The lowest BCUT2D eigenvalue weighted by atomic mass is 9.93. The predicted octanol–water partition coefficient (Wildman–Crippen LogP) is 1.79. The number of Topliss-reactive ketones (excluding diaryl/α,β-unsaturated/α-hetero) is 1. The van der Waals surface area contributed by atoms with Crippen LogP contribution in [-0.2, 0) is 14.3 Å². The van der Waals surface area contributed by atoms with E-state index in [4.69, 9.17) is 0 Å². The van der Waals surface area contributed by atoms with Crippen molar-refractivity contribution >= 4 is 11.8 Å². The molecule has 0 aromatic rings. The molecule has 3 heteroatoms. The Labute approximate surface area is 83.4 Å². The minimum Gasteiger partial charge on any atom is -0.454 e. The minimum atomic E-state index is -0.361. The molecule has 1 aliphatic heterocycles. The lowest BCUT2D eigenvalue weighted by Crippen LogP contribution is -2.27. The Morgan fingerprint density at radius 1 is 1.07 bits per heavy atom. The van der Waals surface area contributed by atoms with Crippen LogP contribution in [0.5, 0.6) is 0 Å². The van der Waals surface area contributed by atoms with Crippen LogP contribution < -0.4 is 0 Å². The lowest BCUT2D eigenvalue weighted by Gasteiger charge is -2.18. The molecule has 3 nitrogen and oxygen atoms in total. The minimum absolute atomic E-state index is 0.0828. The van der Waals surface area contributed by atoms with Gasteiger partial charge in [0.05, 0.1) is 5.57 Å². The van der Waals surface area contributed by atoms with Gasteiger partial charge in [0, 0.05) is 5.57 Å². The fraction of sp³-hybridized carbons (Fsp3) is 0.455. The molecule has 2 aliphatic rings. The van der Waals surface area contributed by atoms with E-state index in [0.717, 1.165) is 12.8 Å². The Morgan fingerprint density at radius 3 is 2.21 bits per heavy atom. The van der Waals surface area contributed by atoms with Gasteiger partial charge in [-0.05, 0) is 12.8 Å². The van der Waals surface area contributed by atoms with E-state index in [0.29, 0.717) is 11.1 Å². The van der Waals surface area contributed by atoms with Crippen LogP contribution in [-0.4, -0.2) is 18.4 Å². The first-order valence-electron chi connectivity index (χ1n) is 4.90. The van der Waals surface area contributed by atoms with Gasteiger partial charge < -0.3 is 4.74 Å². The Kier molecular flexibility index (Phi) is 3.63. The summed E-state index contributed by atoms with van der Waals surface area (Å²) < 4.78 is 4.66. The molecule has 1 fully saturated rings. The fourth-order valence-corrected chi connectivity index (χ4v) is 1.42. The number of hydrogen-bond acceptors (Lipinski definition) is 3. The molecule has 0 aromatic heterocycles. The van der Waals surface area contributed by atoms with E-state index in [1.54, 1.807) is 6.08 Å². The van der Waals surface area contributed by atoms with E-state index in [2.05, 4.69) is 4.74 Å². The van der Waals surface area contributed by atoms with E-state index in [1.165, 1.54) is 0 Å². The van der Waals surface area contributed by atoms with Gasteiger partial charge in [-0.2, -0.15) is 0 Å². The summed E-state index contributed by atoms with van der Waals surface area (Å²) in [5, 5.41) is 0. The largest absolute Gasteiger partial charge is 0.454 e. The van der Waals surface area contributed by atoms with Crippen LogP contribution >= 0.6 is 0 Å². The van der Waals surface area contributed by atoms with Gasteiger partial charge in [0.25, 0.3) is 0 Å². The molecule has 1 heterocycles. The molecule has 0 bridgehead atoms. The predicted molar refractivity (Wildman–Crippen MR) is 52.7 cm³/mol. The molecule has 0 spiro atoms. The van der Waals surface area contributed by atoms with Gasteiger partial charge in [0.15, 0.2) is 6.61 Å². The number of esters is 1. The van der Waals surface area contributed by atoms with E-state index in [1.807, 2.05) is 19.9 Å². The topological polar surface area (TPSA) is 43.4 Å². The van der Waals surface area contributed by atoms with Crippen molar-refractivity contribution in [1.82, 2.24) is 0 Å². The highest BCUT2D eigenvalue weighted by Gasteiger charge is 2.28. The normalized spacial score (nSPS) is 19.6. The number of ether oxygens (including phenoxy) is 1. The third-order valence-electron chi connectivity index (χ3n) is 2.01. The van der Waals surface area contributed by atoms with Gasteiger partial charge >= 0.3 is 5.97 Å². The number of rotatable bonds is 0. The highest BCUT2D eigenvalue weighted by atomic mass is 16.5. The van der Waals surface area contributed by atoms with E-state index in [-0.39, 0.29) is 18.4 Å². The quantitative estimate of drug-likeness (QED) is 0.552. The molecule has 0 atom stereocenters. The van der Waals surface area contributed by atoms with Crippen LogP contribution in [0.1, 0.15) is 26.7 Å². The molecule has 14 heavy (non-hydrogen) atoms. The van der Waals surface area contributed by atoms with Crippen LogP contribution in [0.4, 0.5) is 0 Å². The molecule has 0 amide bonds. The second-order valence-electron chi connectivity index (χ2n) is 2.81. The molecule has 2 rings (SSSR count). The van der Waals surface area contributed by atoms with Crippen molar-refractivity contribution in [2.75, 3.05) is 6.61 Å². The van der Waals surface area contributed by atoms with Crippen molar-refractivity contribution in [3.8, 4) is 0 Å². The SMILES string of the molecule is CC.O=C1COC(=O)C2=CCCC=C12.